The normalized spacial score (nSPS) is 11.7. The molecule has 0 saturated heterocycles. The van der Waals surface area contributed by atoms with Crippen molar-refractivity contribution in [3.05, 3.63) is 138 Å². The first-order chi connectivity index (χ1) is 17.0. The van der Waals surface area contributed by atoms with Gasteiger partial charge in [0.15, 0.2) is 0 Å². The van der Waals surface area contributed by atoms with Crippen LogP contribution in [0, 0.1) is 5.82 Å². The SMILES string of the molecule is O=C(O)/C(=C\N=C(c1ccccc1)c1ccccc1NC(=O)c1ccccn1)c1ccc(F)cc1. The molecular formula is C28H20FN3O3. The molecule has 0 spiro atoms. The molecule has 0 unspecified atom stereocenters. The van der Waals surface area contributed by atoms with Crippen molar-refractivity contribution < 1.29 is 19.1 Å². The molecule has 0 aliphatic rings. The first kappa shape index (κ1) is 23.3. The Balaban J connectivity index is 1.81. The summed E-state index contributed by atoms with van der Waals surface area (Å²) in [5.41, 5.74) is 2.70. The van der Waals surface area contributed by atoms with Crippen LogP contribution in [0.5, 0.6) is 0 Å². The van der Waals surface area contributed by atoms with E-state index in [1.54, 1.807) is 42.5 Å². The Hall–Kier alpha value is -4.91. The molecule has 0 aliphatic carbocycles. The number of pyridine rings is 1. The van der Waals surface area contributed by atoms with E-state index in [2.05, 4.69) is 15.3 Å². The highest BCUT2D eigenvalue weighted by Crippen LogP contribution is 2.23. The van der Waals surface area contributed by atoms with Gasteiger partial charge >= 0.3 is 5.97 Å². The van der Waals surface area contributed by atoms with E-state index in [0.717, 1.165) is 0 Å². The number of carboxylic acid groups (broad SMARTS) is 1. The number of aliphatic imine (C=N–C) groups is 1. The summed E-state index contributed by atoms with van der Waals surface area (Å²) in [6, 6.07) is 26.5. The van der Waals surface area contributed by atoms with Gasteiger partial charge in [-0.25, -0.2) is 9.18 Å². The molecule has 3 aromatic carbocycles. The summed E-state index contributed by atoms with van der Waals surface area (Å²) in [6.45, 7) is 0. The van der Waals surface area contributed by atoms with Gasteiger partial charge in [0.05, 0.1) is 17.0 Å². The zero-order valence-corrected chi connectivity index (χ0v) is 18.4. The number of para-hydroxylation sites is 1. The standard InChI is InChI=1S/C28H20FN3O3/c29-21-15-13-19(14-16-21)23(28(34)35)18-31-26(20-8-2-1-3-9-20)22-10-4-5-11-24(22)32-27(33)25-12-6-7-17-30-25/h1-18H,(H,32,33)(H,34,35)/b23-18-,31-26?. The van der Waals surface area contributed by atoms with Crippen molar-refractivity contribution in [2.24, 2.45) is 4.99 Å². The number of benzene rings is 3. The number of hydrogen-bond acceptors (Lipinski definition) is 4. The predicted molar refractivity (Wildman–Crippen MR) is 133 cm³/mol. The molecular weight excluding hydrogens is 445 g/mol. The van der Waals surface area contributed by atoms with Crippen LogP contribution in [0.2, 0.25) is 0 Å². The monoisotopic (exact) mass is 465 g/mol. The third-order valence-electron chi connectivity index (χ3n) is 5.08. The Labute approximate surface area is 201 Å². The van der Waals surface area contributed by atoms with Crippen LogP contribution in [0.4, 0.5) is 10.1 Å². The molecule has 0 radical (unpaired) electrons. The van der Waals surface area contributed by atoms with Gasteiger partial charge in [-0.2, -0.15) is 0 Å². The third kappa shape index (κ3) is 5.72. The van der Waals surface area contributed by atoms with Gasteiger partial charge in [-0.1, -0.05) is 66.7 Å². The highest BCUT2D eigenvalue weighted by Gasteiger charge is 2.16. The van der Waals surface area contributed by atoms with E-state index in [1.165, 1.54) is 36.7 Å². The number of anilines is 1. The summed E-state index contributed by atoms with van der Waals surface area (Å²) in [5, 5.41) is 12.6. The maximum absolute atomic E-state index is 13.3. The van der Waals surface area contributed by atoms with Crippen LogP contribution in [0.25, 0.3) is 5.57 Å². The van der Waals surface area contributed by atoms with Crippen LogP contribution in [-0.4, -0.2) is 27.7 Å². The number of carbonyl (C=O) groups excluding carboxylic acids is 1. The summed E-state index contributed by atoms with van der Waals surface area (Å²) in [4.78, 5) is 33.3. The number of hydrogen-bond donors (Lipinski definition) is 2. The van der Waals surface area contributed by atoms with Gasteiger partial charge in [0.1, 0.15) is 11.5 Å². The zero-order chi connectivity index (χ0) is 24.6. The van der Waals surface area contributed by atoms with E-state index < -0.39 is 17.7 Å². The van der Waals surface area contributed by atoms with E-state index in [-0.39, 0.29) is 11.3 Å². The number of nitrogens with one attached hydrogen (secondary N) is 1. The fourth-order valence-electron chi connectivity index (χ4n) is 3.39. The van der Waals surface area contributed by atoms with E-state index >= 15 is 0 Å². The smallest absolute Gasteiger partial charge is 0.337 e. The minimum atomic E-state index is -1.20. The maximum atomic E-state index is 13.3. The molecule has 1 aromatic heterocycles. The van der Waals surface area contributed by atoms with Crippen LogP contribution in [0.1, 0.15) is 27.2 Å². The molecule has 4 rings (SSSR count). The van der Waals surface area contributed by atoms with Crippen LogP contribution < -0.4 is 5.32 Å². The number of amides is 1. The van der Waals surface area contributed by atoms with Crippen LogP contribution in [-0.2, 0) is 4.79 Å². The molecule has 35 heavy (non-hydrogen) atoms. The molecule has 7 heteroatoms. The topological polar surface area (TPSA) is 91.6 Å². The lowest BCUT2D eigenvalue weighted by molar-refractivity contribution is -0.130. The van der Waals surface area contributed by atoms with Crippen molar-refractivity contribution in [2.75, 3.05) is 5.32 Å². The molecule has 6 nitrogen and oxygen atoms in total. The molecule has 2 N–H and O–H groups in total. The van der Waals surface area contributed by atoms with Gasteiger partial charge in [0.25, 0.3) is 5.91 Å². The maximum Gasteiger partial charge on any atom is 0.337 e. The highest BCUT2D eigenvalue weighted by molar-refractivity contribution is 6.20. The number of carbonyl (C=O) groups is 2. The molecule has 172 valence electrons. The molecule has 0 aliphatic heterocycles. The molecule has 0 bridgehead atoms. The van der Waals surface area contributed by atoms with Crippen molar-refractivity contribution in [3.63, 3.8) is 0 Å². The number of aliphatic carboxylic acids is 1. The minimum absolute atomic E-state index is 0.103. The molecule has 4 aromatic rings. The van der Waals surface area contributed by atoms with Gasteiger partial charge in [0.2, 0.25) is 0 Å². The molecule has 0 fully saturated rings. The Morgan fingerprint density at radius 1 is 0.829 bits per heavy atom. The van der Waals surface area contributed by atoms with Gasteiger partial charge < -0.3 is 10.4 Å². The summed E-state index contributed by atoms with van der Waals surface area (Å²) in [5.74, 6) is -2.06. The second-order valence-electron chi connectivity index (χ2n) is 7.41. The minimum Gasteiger partial charge on any atom is -0.478 e. The summed E-state index contributed by atoms with van der Waals surface area (Å²) >= 11 is 0. The van der Waals surface area contributed by atoms with E-state index in [1.807, 2.05) is 30.3 Å². The molecule has 1 amide bonds. The number of rotatable bonds is 7. The van der Waals surface area contributed by atoms with Crippen molar-refractivity contribution in [1.29, 1.82) is 0 Å². The Morgan fingerprint density at radius 3 is 2.20 bits per heavy atom. The van der Waals surface area contributed by atoms with Gasteiger partial charge in [-0.15, -0.1) is 0 Å². The van der Waals surface area contributed by atoms with Crippen molar-refractivity contribution >= 4 is 28.8 Å². The van der Waals surface area contributed by atoms with Gasteiger partial charge in [-0.05, 0) is 35.9 Å². The fourth-order valence-corrected chi connectivity index (χ4v) is 3.39. The van der Waals surface area contributed by atoms with Crippen molar-refractivity contribution in [2.45, 2.75) is 0 Å². The number of carboxylic acids is 1. The zero-order valence-electron chi connectivity index (χ0n) is 18.4. The second kappa shape index (κ2) is 10.8. The quantitative estimate of drug-likeness (QED) is 0.281. The van der Waals surface area contributed by atoms with Crippen molar-refractivity contribution in [1.82, 2.24) is 4.98 Å². The van der Waals surface area contributed by atoms with Crippen LogP contribution >= 0.6 is 0 Å². The third-order valence-corrected chi connectivity index (χ3v) is 5.08. The van der Waals surface area contributed by atoms with Gasteiger partial charge in [-0.3, -0.25) is 14.8 Å². The first-order valence-corrected chi connectivity index (χ1v) is 10.7. The Morgan fingerprint density at radius 2 is 1.51 bits per heavy atom. The molecule has 1 heterocycles. The summed E-state index contributed by atoms with van der Waals surface area (Å²) in [7, 11) is 0. The van der Waals surface area contributed by atoms with Crippen LogP contribution in [0.15, 0.2) is 114 Å². The largest absolute Gasteiger partial charge is 0.478 e. The van der Waals surface area contributed by atoms with Crippen LogP contribution in [0.3, 0.4) is 0 Å². The fraction of sp³-hybridized carbons (Fsp3) is 0. The number of nitrogens with zero attached hydrogens (tertiary/aromatic N) is 2. The summed E-state index contributed by atoms with van der Waals surface area (Å²) < 4.78 is 13.3. The van der Waals surface area contributed by atoms with E-state index in [4.69, 9.17) is 0 Å². The van der Waals surface area contributed by atoms with Crippen molar-refractivity contribution in [3.8, 4) is 0 Å². The lowest BCUT2D eigenvalue weighted by Crippen LogP contribution is -2.16. The second-order valence-corrected chi connectivity index (χ2v) is 7.41. The number of halogens is 1. The lowest BCUT2D eigenvalue weighted by Gasteiger charge is -2.13. The lowest BCUT2D eigenvalue weighted by atomic mass is 10.00. The Bertz CT molecular complexity index is 1400. The molecule has 0 atom stereocenters. The predicted octanol–water partition coefficient (Wildman–Crippen LogP) is 5.44. The average Bonchev–Trinajstić information content (AvgIpc) is 2.89. The van der Waals surface area contributed by atoms with E-state index in [9.17, 15) is 19.1 Å². The average molecular weight is 465 g/mol. The highest BCUT2D eigenvalue weighted by atomic mass is 19.1. The van der Waals surface area contributed by atoms with E-state index in [0.29, 0.717) is 28.1 Å². The Kier molecular flexibility index (Phi) is 7.18. The summed E-state index contributed by atoms with van der Waals surface area (Å²) in [6.07, 6.45) is 2.76. The van der Waals surface area contributed by atoms with Gasteiger partial charge in [0, 0.05) is 23.5 Å². The first-order valence-electron chi connectivity index (χ1n) is 10.7. The molecule has 0 saturated carbocycles. The number of aromatic nitrogens is 1.